The molecule has 1 saturated heterocycles. The second-order valence-electron chi connectivity index (χ2n) is 7.72. The Morgan fingerprint density at radius 3 is 2.56 bits per heavy atom. The first kappa shape index (κ1) is 17.3. The minimum absolute atomic E-state index is 0.276. The molecule has 0 aliphatic carbocycles. The number of fused-ring (bicyclic) bond motifs is 6. The summed E-state index contributed by atoms with van der Waals surface area (Å²) in [7, 11) is -1.53. The number of hydrogen-bond donors (Lipinski definition) is 0. The largest absolute Gasteiger partial charge is 0.296 e. The number of aryl methyl sites for hydroxylation is 1. The smallest absolute Gasteiger partial charge is 0.268 e. The molecule has 2 aliphatic heterocycles. The van der Waals surface area contributed by atoms with Crippen molar-refractivity contribution < 1.29 is 8.42 Å². The Bertz CT molecular complexity index is 1170. The molecule has 4 nitrogen and oxygen atoms in total. The number of nitrogens with zero attached hydrogens (tertiary/aromatic N) is 2. The van der Waals surface area contributed by atoms with Crippen LogP contribution in [0.4, 0.5) is 0 Å². The summed E-state index contributed by atoms with van der Waals surface area (Å²) in [6, 6.07) is 13.2. The summed E-state index contributed by atoms with van der Waals surface area (Å²) in [6.45, 7) is 2.06. The average Bonchev–Trinajstić information content (AvgIpc) is 3.06. The highest BCUT2D eigenvalue weighted by Gasteiger charge is 2.42. The van der Waals surface area contributed by atoms with Gasteiger partial charge in [-0.1, -0.05) is 23.2 Å². The number of hydrogen-bond acceptors (Lipinski definition) is 3. The number of halogens is 1. The normalized spacial score (nSPS) is 22.3. The summed E-state index contributed by atoms with van der Waals surface area (Å²) in [5.74, 6) is 0. The van der Waals surface area contributed by atoms with Crippen LogP contribution in [0.25, 0.3) is 10.9 Å². The van der Waals surface area contributed by atoms with Gasteiger partial charge in [-0.05, 0) is 68.8 Å². The van der Waals surface area contributed by atoms with E-state index in [1.165, 1.54) is 5.56 Å². The summed E-state index contributed by atoms with van der Waals surface area (Å²) in [5.41, 5.74) is 4.08. The van der Waals surface area contributed by atoms with Gasteiger partial charge in [-0.15, -0.1) is 0 Å². The molecular weight excluding hydrogens is 380 g/mol. The minimum Gasteiger partial charge on any atom is -0.296 e. The van der Waals surface area contributed by atoms with Crippen molar-refractivity contribution in [1.82, 2.24) is 8.87 Å². The van der Waals surface area contributed by atoms with Gasteiger partial charge in [0.2, 0.25) is 0 Å². The van der Waals surface area contributed by atoms with Crippen LogP contribution in [0.2, 0.25) is 5.02 Å². The molecule has 27 heavy (non-hydrogen) atoms. The molecule has 2 aromatic carbocycles. The van der Waals surface area contributed by atoms with E-state index in [0.717, 1.165) is 41.4 Å². The van der Waals surface area contributed by atoms with E-state index in [1.807, 2.05) is 12.1 Å². The van der Waals surface area contributed by atoms with Gasteiger partial charge in [-0.2, -0.15) is 0 Å². The van der Waals surface area contributed by atoms with Gasteiger partial charge in [0, 0.05) is 34.6 Å². The number of benzene rings is 2. The summed E-state index contributed by atoms with van der Waals surface area (Å²) in [5, 5.41) is 1.60. The molecule has 1 aromatic heterocycles. The Kier molecular flexibility index (Phi) is 3.74. The highest BCUT2D eigenvalue weighted by Crippen LogP contribution is 2.47. The highest BCUT2D eigenvalue weighted by atomic mass is 35.5. The predicted molar refractivity (Wildman–Crippen MR) is 108 cm³/mol. The van der Waals surface area contributed by atoms with Gasteiger partial charge in [-0.25, -0.2) is 12.4 Å². The van der Waals surface area contributed by atoms with Crippen LogP contribution in [0.3, 0.4) is 0 Å². The average molecular weight is 401 g/mol. The first-order valence-corrected chi connectivity index (χ1v) is 11.1. The highest BCUT2D eigenvalue weighted by molar-refractivity contribution is 7.90. The second-order valence-corrected chi connectivity index (χ2v) is 9.94. The lowest BCUT2D eigenvalue weighted by Crippen LogP contribution is -2.35. The lowest BCUT2D eigenvalue weighted by molar-refractivity contribution is 0.224. The van der Waals surface area contributed by atoms with E-state index in [9.17, 15) is 8.42 Å². The quantitative estimate of drug-likeness (QED) is 0.634. The molecule has 5 rings (SSSR count). The van der Waals surface area contributed by atoms with Crippen molar-refractivity contribution in [2.75, 3.05) is 7.05 Å². The van der Waals surface area contributed by atoms with Gasteiger partial charge in [0.15, 0.2) is 0 Å². The standard InChI is InChI=1S/C21H21ClN2O2S/c1-13-3-9-18-17(11-13)21-19-10-6-15(23(19)2)12-20(21)24(18)27(25,26)16-7-4-14(22)5-8-16/h3-5,7-9,11,15,19H,6,10,12H2,1-2H3. The monoisotopic (exact) mass is 400 g/mol. The summed E-state index contributed by atoms with van der Waals surface area (Å²) >= 11 is 5.97. The summed E-state index contributed by atoms with van der Waals surface area (Å²) < 4.78 is 28.8. The van der Waals surface area contributed by atoms with Crippen molar-refractivity contribution in [3.05, 3.63) is 64.3 Å². The van der Waals surface area contributed by atoms with Crippen molar-refractivity contribution in [2.24, 2.45) is 0 Å². The maximum Gasteiger partial charge on any atom is 0.268 e. The number of likely N-dealkylation sites (N-methyl/N-ethyl adjacent to an activating group) is 1. The summed E-state index contributed by atoms with van der Waals surface area (Å²) in [4.78, 5) is 2.70. The molecule has 0 N–H and O–H groups in total. The van der Waals surface area contributed by atoms with Crippen LogP contribution in [-0.2, 0) is 16.4 Å². The molecule has 6 heteroatoms. The third-order valence-electron chi connectivity index (χ3n) is 6.17. The lowest BCUT2D eigenvalue weighted by Gasteiger charge is -2.32. The van der Waals surface area contributed by atoms with Crippen molar-refractivity contribution in [2.45, 2.75) is 43.2 Å². The molecule has 3 aromatic rings. The first-order valence-electron chi connectivity index (χ1n) is 9.25. The zero-order chi connectivity index (χ0) is 18.9. The van der Waals surface area contributed by atoms with Gasteiger partial charge in [0.25, 0.3) is 10.0 Å². The fraction of sp³-hybridized carbons (Fsp3) is 0.333. The van der Waals surface area contributed by atoms with Gasteiger partial charge in [-0.3, -0.25) is 4.90 Å². The zero-order valence-corrected chi connectivity index (χ0v) is 16.9. The molecule has 3 heterocycles. The number of aromatic nitrogens is 1. The SMILES string of the molecule is Cc1ccc2c(c1)c1c(n2S(=O)(=O)c2ccc(Cl)cc2)CC2CCC1N2C. The third kappa shape index (κ3) is 2.42. The van der Waals surface area contributed by atoms with Crippen LogP contribution in [-0.4, -0.2) is 30.4 Å². The number of rotatable bonds is 2. The minimum atomic E-state index is -3.69. The van der Waals surface area contributed by atoms with Crippen molar-refractivity contribution >= 4 is 32.5 Å². The fourth-order valence-corrected chi connectivity index (χ4v) is 6.53. The topological polar surface area (TPSA) is 42.3 Å². The molecule has 140 valence electrons. The lowest BCUT2D eigenvalue weighted by atomic mass is 9.97. The summed E-state index contributed by atoms with van der Waals surface area (Å²) in [6.07, 6.45) is 2.97. The molecule has 0 spiro atoms. The van der Waals surface area contributed by atoms with E-state index in [1.54, 1.807) is 28.2 Å². The van der Waals surface area contributed by atoms with Crippen LogP contribution in [0, 0.1) is 6.92 Å². The van der Waals surface area contributed by atoms with Gasteiger partial charge < -0.3 is 0 Å². The van der Waals surface area contributed by atoms with Crippen molar-refractivity contribution in [3.8, 4) is 0 Å². The Morgan fingerprint density at radius 1 is 1.07 bits per heavy atom. The van der Waals surface area contributed by atoms with Crippen LogP contribution in [0.5, 0.6) is 0 Å². The molecule has 2 unspecified atom stereocenters. The van der Waals surface area contributed by atoms with Crippen LogP contribution in [0.1, 0.15) is 35.7 Å². The van der Waals surface area contributed by atoms with Crippen LogP contribution in [0.15, 0.2) is 47.4 Å². The van der Waals surface area contributed by atoms with E-state index in [0.29, 0.717) is 17.1 Å². The molecule has 2 atom stereocenters. The van der Waals surface area contributed by atoms with E-state index in [4.69, 9.17) is 11.6 Å². The Balaban J connectivity index is 1.84. The molecule has 1 fully saturated rings. The molecule has 0 amide bonds. The van der Waals surface area contributed by atoms with Crippen molar-refractivity contribution in [1.29, 1.82) is 0 Å². The zero-order valence-electron chi connectivity index (χ0n) is 15.3. The van der Waals surface area contributed by atoms with Gasteiger partial charge >= 0.3 is 0 Å². The van der Waals surface area contributed by atoms with Crippen LogP contribution < -0.4 is 0 Å². The molecular formula is C21H21ClN2O2S. The molecule has 0 radical (unpaired) electrons. The van der Waals surface area contributed by atoms with Crippen LogP contribution >= 0.6 is 11.6 Å². The van der Waals surface area contributed by atoms with Gasteiger partial charge in [0.05, 0.1) is 10.4 Å². The van der Waals surface area contributed by atoms with Crippen molar-refractivity contribution in [3.63, 3.8) is 0 Å². The third-order valence-corrected chi connectivity index (χ3v) is 8.19. The fourth-order valence-electron chi connectivity index (χ4n) is 4.83. The maximum absolute atomic E-state index is 13.6. The van der Waals surface area contributed by atoms with E-state index in [-0.39, 0.29) is 4.90 Å². The van der Waals surface area contributed by atoms with E-state index in [2.05, 4.69) is 24.9 Å². The van der Waals surface area contributed by atoms with E-state index >= 15 is 0 Å². The van der Waals surface area contributed by atoms with E-state index < -0.39 is 10.0 Å². The Morgan fingerprint density at radius 2 is 1.81 bits per heavy atom. The molecule has 2 aliphatic rings. The maximum atomic E-state index is 13.6. The van der Waals surface area contributed by atoms with Gasteiger partial charge in [0.1, 0.15) is 0 Å². The molecule has 2 bridgehead atoms. The Hall–Kier alpha value is -1.82. The predicted octanol–water partition coefficient (Wildman–Crippen LogP) is 4.53. The molecule has 0 saturated carbocycles. The first-order chi connectivity index (χ1) is 12.9. The second kappa shape index (κ2) is 5.84. The Labute approximate surface area is 164 Å².